The van der Waals surface area contributed by atoms with Crippen LogP contribution in [0.4, 0.5) is 11.8 Å². The predicted molar refractivity (Wildman–Crippen MR) is 85.0 cm³/mol. The van der Waals surface area contributed by atoms with Crippen molar-refractivity contribution in [3.8, 4) is 0 Å². The molecule has 0 saturated heterocycles. The summed E-state index contributed by atoms with van der Waals surface area (Å²) in [6.07, 6.45) is 1.71. The number of thiophene rings is 1. The summed E-state index contributed by atoms with van der Waals surface area (Å²) in [5.74, 6) is 6.91. The molecule has 0 fully saturated rings. The van der Waals surface area contributed by atoms with E-state index in [-0.39, 0.29) is 6.04 Å². The third-order valence-corrected chi connectivity index (χ3v) is 4.20. The van der Waals surface area contributed by atoms with Gasteiger partial charge in [0.15, 0.2) is 5.65 Å². The molecule has 110 valence electrons. The van der Waals surface area contributed by atoms with E-state index in [9.17, 15) is 0 Å². The number of hydrogen-bond acceptors (Lipinski definition) is 7. The van der Waals surface area contributed by atoms with Crippen LogP contribution in [-0.4, -0.2) is 20.2 Å². The maximum atomic E-state index is 5.43. The van der Waals surface area contributed by atoms with Gasteiger partial charge in [-0.05, 0) is 17.4 Å². The minimum atomic E-state index is 0.170. The van der Waals surface area contributed by atoms with Crippen LogP contribution in [0.1, 0.15) is 24.8 Å². The van der Waals surface area contributed by atoms with Gasteiger partial charge in [-0.2, -0.15) is 15.1 Å². The van der Waals surface area contributed by atoms with Crippen LogP contribution in [0.25, 0.3) is 11.0 Å². The number of rotatable bonds is 5. The Balaban J connectivity index is 2.01. The molecule has 3 rings (SSSR count). The second-order valence-corrected chi connectivity index (χ2v) is 6.03. The number of fused-ring (bicyclic) bond motifs is 1. The van der Waals surface area contributed by atoms with Crippen molar-refractivity contribution < 1.29 is 0 Å². The van der Waals surface area contributed by atoms with E-state index in [4.69, 9.17) is 5.84 Å². The van der Waals surface area contributed by atoms with Crippen LogP contribution in [0.2, 0.25) is 0 Å². The Hall–Kier alpha value is -2.19. The monoisotopic (exact) mass is 303 g/mol. The zero-order chi connectivity index (χ0) is 14.8. The summed E-state index contributed by atoms with van der Waals surface area (Å²) in [7, 11) is 0. The molecule has 0 radical (unpaired) electrons. The van der Waals surface area contributed by atoms with Gasteiger partial charge in [-0.25, -0.2) is 5.84 Å². The number of hydrazine groups is 1. The number of anilines is 2. The summed E-state index contributed by atoms with van der Waals surface area (Å²) in [5, 5.41) is 13.3. The highest BCUT2D eigenvalue weighted by molar-refractivity contribution is 7.10. The van der Waals surface area contributed by atoms with E-state index in [0.717, 1.165) is 5.39 Å². The van der Waals surface area contributed by atoms with Gasteiger partial charge in [-0.1, -0.05) is 19.9 Å². The van der Waals surface area contributed by atoms with Crippen LogP contribution in [0, 0.1) is 5.92 Å². The Kier molecular flexibility index (Phi) is 3.72. The largest absolute Gasteiger partial charge is 0.361 e. The second kappa shape index (κ2) is 5.66. The van der Waals surface area contributed by atoms with Crippen molar-refractivity contribution in [1.29, 1.82) is 0 Å². The van der Waals surface area contributed by atoms with Gasteiger partial charge in [0.1, 0.15) is 5.82 Å². The Morgan fingerprint density at radius 1 is 1.33 bits per heavy atom. The van der Waals surface area contributed by atoms with E-state index in [1.807, 2.05) is 0 Å². The molecule has 0 saturated carbocycles. The number of H-pyrrole nitrogens is 1. The van der Waals surface area contributed by atoms with Gasteiger partial charge in [-0.15, -0.1) is 11.3 Å². The SMILES string of the molecule is CC(C)C(Nc1nc(NN)nc2[nH]ncc12)c1cccs1. The molecule has 1 atom stereocenters. The summed E-state index contributed by atoms with van der Waals surface area (Å²) in [6, 6.07) is 4.35. The van der Waals surface area contributed by atoms with Gasteiger partial charge in [0.25, 0.3) is 0 Å². The zero-order valence-corrected chi connectivity index (χ0v) is 12.6. The lowest BCUT2D eigenvalue weighted by atomic mass is 10.0. The summed E-state index contributed by atoms with van der Waals surface area (Å²) in [6.45, 7) is 4.35. The van der Waals surface area contributed by atoms with Crippen molar-refractivity contribution in [3.05, 3.63) is 28.6 Å². The lowest BCUT2D eigenvalue weighted by molar-refractivity contribution is 0.552. The average Bonchev–Trinajstić information content (AvgIpc) is 3.14. The number of nitrogens with one attached hydrogen (secondary N) is 3. The van der Waals surface area contributed by atoms with Crippen LogP contribution in [0.15, 0.2) is 23.7 Å². The molecule has 8 heteroatoms. The average molecular weight is 303 g/mol. The fourth-order valence-electron chi connectivity index (χ4n) is 2.19. The zero-order valence-electron chi connectivity index (χ0n) is 11.8. The summed E-state index contributed by atoms with van der Waals surface area (Å²) in [4.78, 5) is 9.90. The third kappa shape index (κ3) is 2.67. The molecule has 0 spiro atoms. The minimum Gasteiger partial charge on any atom is -0.361 e. The standard InChI is InChI=1S/C13H17N7S/c1-7(2)10(9-4-3-5-21-9)16-11-8-6-15-20-12(8)18-13(17-11)19-14/h3-7,10H,14H2,1-2H3,(H3,15,16,17,18,19,20). The van der Waals surface area contributed by atoms with E-state index in [0.29, 0.717) is 23.3 Å². The summed E-state index contributed by atoms with van der Waals surface area (Å²) < 4.78 is 0. The molecule has 0 bridgehead atoms. The van der Waals surface area contributed by atoms with E-state index in [2.05, 4.69) is 62.3 Å². The van der Waals surface area contributed by atoms with E-state index < -0.39 is 0 Å². The summed E-state index contributed by atoms with van der Waals surface area (Å²) in [5.41, 5.74) is 3.13. The van der Waals surface area contributed by atoms with Crippen LogP contribution >= 0.6 is 11.3 Å². The van der Waals surface area contributed by atoms with Crippen molar-refractivity contribution in [3.63, 3.8) is 0 Å². The number of nitrogens with zero attached hydrogens (tertiary/aromatic N) is 3. The minimum absolute atomic E-state index is 0.170. The molecule has 0 aliphatic carbocycles. The van der Waals surface area contributed by atoms with Gasteiger partial charge in [-0.3, -0.25) is 10.5 Å². The van der Waals surface area contributed by atoms with Crippen molar-refractivity contribution in [2.75, 3.05) is 10.7 Å². The number of hydrogen-bond donors (Lipinski definition) is 4. The van der Waals surface area contributed by atoms with Crippen molar-refractivity contribution in [2.45, 2.75) is 19.9 Å². The number of aromatic nitrogens is 4. The fourth-order valence-corrected chi connectivity index (χ4v) is 3.14. The first-order valence-electron chi connectivity index (χ1n) is 6.66. The second-order valence-electron chi connectivity index (χ2n) is 5.05. The molecule has 1 unspecified atom stereocenters. The number of nitrogens with two attached hydrogens (primary N) is 1. The van der Waals surface area contributed by atoms with Crippen LogP contribution < -0.4 is 16.6 Å². The molecule has 5 N–H and O–H groups in total. The van der Waals surface area contributed by atoms with Crippen LogP contribution in [0.5, 0.6) is 0 Å². The van der Waals surface area contributed by atoms with Crippen molar-refractivity contribution >= 4 is 34.1 Å². The first kappa shape index (κ1) is 13.8. The van der Waals surface area contributed by atoms with E-state index in [1.165, 1.54) is 4.88 Å². The smallest absolute Gasteiger partial charge is 0.241 e. The number of nitrogen functional groups attached to an aromatic ring is 1. The predicted octanol–water partition coefficient (Wildman–Crippen LogP) is 2.51. The highest BCUT2D eigenvalue weighted by Gasteiger charge is 2.19. The van der Waals surface area contributed by atoms with Gasteiger partial charge < -0.3 is 5.32 Å². The molecule has 0 aromatic carbocycles. The van der Waals surface area contributed by atoms with Gasteiger partial charge in [0.05, 0.1) is 17.6 Å². The quantitative estimate of drug-likeness (QED) is 0.426. The van der Waals surface area contributed by atoms with Crippen molar-refractivity contribution in [1.82, 2.24) is 20.2 Å². The van der Waals surface area contributed by atoms with Gasteiger partial charge >= 0.3 is 0 Å². The third-order valence-electron chi connectivity index (χ3n) is 3.25. The van der Waals surface area contributed by atoms with Crippen LogP contribution in [0.3, 0.4) is 0 Å². The number of aromatic amines is 1. The van der Waals surface area contributed by atoms with Crippen LogP contribution in [-0.2, 0) is 0 Å². The Morgan fingerprint density at radius 2 is 2.19 bits per heavy atom. The highest BCUT2D eigenvalue weighted by atomic mass is 32.1. The molecule has 0 aliphatic rings. The Labute approximate surface area is 126 Å². The topological polar surface area (TPSA) is 105 Å². The maximum Gasteiger partial charge on any atom is 0.241 e. The van der Waals surface area contributed by atoms with Gasteiger partial charge in [0, 0.05) is 4.88 Å². The molecular formula is C13H17N7S. The van der Waals surface area contributed by atoms with Crippen molar-refractivity contribution in [2.24, 2.45) is 11.8 Å². The highest BCUT2D eigenvalue weighted by Crippen LogP contribution is 2.31. The molecule has 3 aromatic rings. The van der Waals surface area contributed by atoms with Gasteiger partial charge in [0.2, 0.25) is 5.95 Å². The maximum absolute atomic E-state index is 5.43. The Bertz CT molecular complexity index is 719. The first-order chi connectivity index (χ1) is 10.2. The summed E-state index contributed by atoms with van der Waals surface area (Å²) >= 11 is 1.73. The Morgan fingerprint density at radius 3 is 2.86 bits per heavy atom. The lowest BCUT2D eigenvalue weighted by Crippen LogP contribution is -2.18. The molecular weight excluding hydrogens is 286 g/mol. The molecule has 7 nitrogen and oxygen atoms in total. The molecule has 0 amide bonds. The normalized spacial score (nSPS) is 12.8. The molecule has 0 aliphatic heterocycles. The lowest BCUT2D eigenvalue weighted by Gasteiger charge is -2.22. The molecule has 3 aromatic heterocycles. The molecule has 21 heavy (non-hydrogen) atoms. The fraction of sp³-hybridized carbons (Fsp3) is 0.308. The molecule has 3 heterocycles. The first-order valence-corrected chi connectivity index (χ1v) is 7.54. The van der Waals surface area contributed by atoms with E-state index >= 15 is 0 Å². The van der Waals surface area contributed by atoms with E-state index in [1.54, 1.807) is 17.5 Å².